The maximum Gasteiger partial charge on any atom is 0.238 e. The number of rotatable bonds is 9. The Balaban J connectivity index is 1.81. The van der Waals surface area contributed by atoms with Crippen molar-refractivity contribution in [3.8, 4) is 11.5 Å². The van der Waals surface area contributed by atoms with E-state index in [9.17, 15) is 9.59 Å². The lowest BCUT2D eigenvalue weighted by atomic mass is 9.90. The molecule has 0 fully saturated rings. The number of primary amides is 1. The molecule has 2 amide bonds. The fraction of sp³-hybridized carbons (Fsp3) is 0.222. The number of ether oxygens (including phenoxy) is 2. The van der Waals surface area contributed by atoms with Crippen LogP contribution in [0.3, 0.4) is 0 Å². The molecule has 7 heteroatoms. The zero-order chi connectivity index (χ0) is 24.1. The van der Waals surface area contributed by atoms with Crippen molar-refractivity contribution in [3.63, 3.8) is 0 Å². The van der Waals surface area contributed by atoms with Crippen LogP contribution in [0, 0.1) is 0 Å². The number of benzene rings is 3. The van der Waals surface area contributed by atoms with E-state index in [2.05, 4.69) is 5.32 Å². The molecule has 0 saturated carbocycles. The fourth-order valence-electron chi connectivity index (χ4n) is 4.01. The first-order valence-electron chi connectivity index (χ1n) is 11.3. The van der Waals surface area contributed by atoms with Crippen LogP contribution in [-0.2, 0) is 16.0 Å². The van der Waals surface area contributed by atoms with Crippen LogP contribution in [0.25, 0.3) is 0 Å². The minimum absolute atomic E-state index is 0.163. The molecule has 1 unspecified atom stereocenters. The third kappa shape index (κ3) is 4.93. The summed E-state index contributed by atoms with van der Waals surface area (Å²) in [5.74, 6) is -0.00582. The highest BCUT2D eigenvalue weighted by Gasteiger charge is 2.36. The summed E-state index contributed by atoms with van der Waals surface area (Å²) < 4.78 is 11.5. The molecule has 1 atom stereocenters. The van der Waals surface area contributed by atoms with Gasteiger partial charge in [0.25, 0.3) is 0 Å². The van der Waals surface area contributed by atoms with Crippen LogP contribution in [0.2, 0.25) is 0 Å². The Morgan fingerprint density at radius 1 is 0.971 bits per heavy atom. The van der Waals surface area contributed by atoms with E-state index in [1.165, 1.54) is 0 Å². The van der Waals surface area contributed by atoms with Crippen LogP contribution in [-0.4, -0.2) is 30.7 Å². The molecule has 7 nitrogen and oxygen atoms in total. The van der Waals surface area contributed by atoms with Gasteiger partial charge in [-0.05, 0) is 48.7 Å². The predicted molar refractivity (Wildman–Crippen MR) is 132 cm³/mol. The SMILES string of the molecule is CCOc1cc2c(cc1OCC)C(C(=Nc1ccc(CC(N)=O)cc1)c1ccccc1)C(=O)N2. The summed E-state index contributed by atoms with van der Waals surface area (Å²) >= 11 is 0. The zero-order valence-electron chi connectivity index (χ0n) is 19.2. The summed E-state index contributed by atoms with van der Waals surface area (Å²) in [7, 11) is 0. The molecule has 3 N–H and O–H groups in total. The number of nitrogens with zero attached hydrogens (tertiary/aromatic N) is 1. The molecule has 0 spiro atoms. The largest absolute Gasteiger partial charge is 0.490 e. The number of carbonyl (C=O) groups excluding carboxylic acids is 2. The minimum Gasteiger partial charge on any atom is -0.490 e. The van der Waals surface area contributed by atoms with Crippen LogP contribution < -0.4 is 20.5 Å². The van der Waals surface area contributed by atoms with Crippen molar-refractivity contribution >= 4 is 28.9 Å². The van der Waals surface area contributed by atoms with Gasteiger partial charge in [0, 0.05) is 11.8 Å². The molecule has 0 aromatic heterocycles. The Morgan fingerprint density at radius 2 is 1.62 bits per heavy atom. The van der Waals surface area contributed by atoms with E-state index >= 15 is 0 Å². The average Bonchev–Trinajstić information content (AvgIpc) is 3.14. The van der Waals surface area contributed by atoms with Gasteiger partial charge < -0.3 is 20.5 Å². The normalized spacial score (nSPS) is 14.9. The first kappa shape index (κ1) is 23.0. The molecule has 4 rings (SSSR count). The molecule has 34 heavy (non-hydrogen) atoms. The second-order valence-electron chi connectivity index (χ2n) is 7.85. The molecule has 3 aromatic carbocycles. The molecule has 1 aliphatic rings. The molecular formula is C27H27N3O4. The van der Waals surface area contributed by atoms with Crippen molar-refractivity contribution < 1.29 is 19.1 Å². The van der Waals surface area contributed by atoms with E-state index in [0.717, 1.165) is 16.7 Å². The quantitative estimate of drug-likeness (QED) is 0.466. The molecule has 1 aliphatic heterocycles. The average molecular weight is 458 g/mol. The maximum atomic E-state index is 13.2. The number of nitrogens with one attached hydrogen (secondary N) is 1. The number of hydrogen-bond acceptors (Lipinski definition) is 5. The first-order valence-corrected chi connectivity index (χ1v) is 11.3. The van der Waals surface area contributed by atoms with Crippen LogP contribution in [0.4, 0.5) is 11.4 Å². The Labute approximate surface area is 198 Å². The van der Waals surface area contributed by atoms with Crippen molar-refractivity contribution in [2.24, 2.45) is 10.7 Å². The lowest BCUT2D eigenvalue weighted by Crippen LogP contribution is -2.22. The lowest BCUT2D eigenvalue weighted by Gasteiger charge is -2.16. The summed E-state index contributed by atoms with van der Waals surface area (Å²) in [4.78, 5) is 29.3. The van der Waals surface area contributed by atoms with Crippen LogP contribution in [0.15, 0.2) is 71.7 Å². The highest BCUT2D eigenvalue weighted by atomic mass is 16.5. The van der Waals surface area contributed by atoms with Crippen LogP contribution in [0.1, 0.15) is 36.5 Å². The van der Waals surface area contributed by atoms with Crippen molar-refractivity contribution in [1.82, 2.24) is 0 Å². The Kier molecular flexibility index (Phi) is 6.92. The van der Waals surface area contributed by atoms with Gasteiger partial charge in [-0.2, -0.15) is 0 Å². The summed E-state index contributed by atoms with van der Waals surface area (Å²) in [6.45, 7) is 4.77. The van der Waals surface area contributed by atoms with E-state index in [0.29, 0.717) is 41.8 Å². The Bertz CT molecular complexity index is 1220. The highest BCUT2D eigenvalue weighted by molar-refractivity contribution is 6.24. The van der Waals surface area contributed by atoms with E-state index in [4.69, 9.17) is 20.2 Å². The summed E-state index contributed by atoms with van der Waals surface area (Å²) in [6.07, 6.45) is 0.163. The zero-order valence-corrected chi connectivity index (χ0v) is 19.2. The van der Waals surface area contributed by atoms with Gasteiger partial charge in [0.05, 0.1) is 31.0 Å². The smallest absolute Gasteiger partial charge is 0.238 e. The number of anilines is 1. The summed E-state index contributed by atoms with van der Waals surface area (Å²) in [5.41, 5.74) is 9.69. The lowest BCUT2D eigenvalue weighted by molar-refractivity contribution is -0.117. The van der Waals surface area contributed by atoms with Gasteiger partial charge in [-0.15, -0.1) is 0 Å². The third-order valence-corrected chi connectivity index (χ3v) is 5.45. The summed E-state index contributed by atoms with van der Waals surface area (Å²) in [6, 6.07) is 20.6. The molecule has 0 bridgehead atoms. The number of carbonyl (C=O) groups is 2. The van der Waals surface area contributed by atoms with Crippen molar-refractivity contribution in [3.05, 3.63) is 83.4 Å². The maximum absolute atomic E-state index is 13.2. The molecule has 3 aromatic rings. The third-order valence-electron chi connectivity index (χ3n) is 5.45. The van der Waals surface area contributed by atoms with E-state index < -0.39 is 11.8 Å². The molecule has 0 aliphatic carbocycles. The van der Waals surface area contributed by atoms with Gasteiger partial charge >= 0.3 is 0 Å². The summed E-state index contributed by atoms with van der Waals surface area (Å²) in [5, 5.41) is 2.98. The van der Waals surface area contributed by atoms with E-state index in [-0.39, 0.29) is 12.3 Å². The van der Waals surface area contributed by atoms with Gasteiger partial charge in [0.2, 0.25) is 11.8 Å². The second kappa shape index (κ2) is 10.2. The van der Waals surface area contributed by atoms with Crippen LogP contribution in [0.5, 0.6) is 11.5 Å². The van der Waals surface area contributed by atoms with Gasteiger partial charge in [0.1, 0.15) is 5.92 Å². The van der Waals surface area contributed by atoms with Gasteiger partial charge in [-0.1, -0.05) is 42.5 Å². The van der Waals surface area contributed by atoms with Gasteiger partial charge in [-0.3, -0.25) is 14.6 Å². The number of fused-ring (bicyclic) bond motifs is 1. The van der Waals surface area contributed by atoms with Crippen LogP contribution >= 0.6 is 0 Å². The number of aliphatic imine (C=N–C) groups is 1. The minimum atomic E-state index is -0.627. The molecular weight excluding hydrogens is 430 g/mol. The molecule has 174 valence electrons. The predicted octanol–water partition coefficient (Wildman–Crippen LogP) is 4.37. The molecule has 0 saturated heterocycles. The highest BCUT2D eigenvalue weighted by Crippen LogP contribution is 2.43. The molecule has 1 heterocycles. The van der Waals surface area contributed by atoms with Crippen molar-refractivity contribution in [2.45, 2.75) is 26.2 Å². The number of nitrogens with two attached hydrogens (primary N) is 1. The monoisotopic (exact) mass is 457 g/mol. The van der Waals surface area contributed by atoms with Gasteiger partial charge in [0.15, 0.2) is 11.5 Å². The number of amides is 2. The number of hydrogen-bond donors (Lipinski definition) is 2. The second-order valence-corrected chi connectivity index (χ2v) is 7.85. The topological polar surface area (TPSA) is 103 Å². The first-order chi connectivity index (χ1) is 16.5. The van der Waals surface area contributed by atoms with Crippen molar-refractivity contribution in [1.29, 1.82) is 0 Å². The Hall–Kier alpha value is -4.13. The van der Waals surface area contributed by atoms with Crippen molar-refractivity contribution in [2.75, 3.05) is 18.5 Å². The Morgan fingerprint density at radius 3 is 2.24 bits per heavy atom. The molecule has 0 radical (unpaired) electrons. The fourth-order valence-corrected chi connectivity index (χ4v) is 4.01. The van der Waals surface area contributed by atoms with E-state index in [1.54, 1.807) is 0 Å². The van der Waals surface area contributed by atoms with E-state index in [1.807, 2.05) is 80.6 Å². The standard InChI is InChI=1S/C27H27N3O4/c1-3-33-22-15-20-21(16-23(22)34-4-2)30-27(32)25(20)26(18-8-6-5-7-9-18)29-19-12-10-17(11-13-19)14-24(28)31/h5-13,15-16,25H,3-4,14H2,1-2H3,(H2,28,31)(H,30,32). The van der Waals surface area contributed by atoms with Gasteiger partial charge in [-0.25, -0.2) is 0 Å².